The molecule has 3 nitrogen and oxygen atoms in total. The molecule has 0 heterocycles. The van der Waals surface area contributed by atoms with E-state index in [9.17, 15) is 0 Å². The Morgan fingerprint density at radius 1 is 1.70 bits per heavy atom. The molecule has 0 aromatic rings. The van der Waals surface area contributed by atoms with Gasteiger partial charge < -0.3 is 10.2 Å². The third kappa shape index (κ3) is 3.40. The second kappa shape index (κ2) is 5.17. The highest BCUT2D eigenvalue weighted by Gasteiger charge is 2.01. The van der Waals surface area contributed by atoms with E-state index in [0.29, 0.717) is 5.92 Å². The highest BCUT2D eigenvalue weighted by atomic mass is 32.1. The maximum Gasteiger partial charge on any atom is 0.149 e. The van der Waals surface area contributed by atoms with Crippen molar-refractivity contribution in [1.29, 1.82) is 0 Å². The number of hydrogen-bond acceptors (Lipinski definition) is 3. The molecule has 0 fully saturated rings. The summed E-state index contributed by atoms with van der Waals surface area (Å²) in [4.78, 5) is 4.58. The number of rotatable bonds is 3. The van der Waals surface area contributed by atoms with Gasteiger partial charge in [-0.15, -0.1) is 0 Å². The second-order valence-electron chi connectivity index (χ2n) is 2.08. The first-order valence-electron chi connectivity index (χ1n) is 3.03. The molecule has 0 radical (unpaired) electrons. The molecule has 0 aliphatic carbocycles. The van der Waals surface area contributed by atoms with Gasteiger partial charge in [0.25, 0.3) is 0 Å². The summed E-state index contributed by atoms with van der Waals surface area (Å²) in [5.41, 5.74) is 1.41. The first-order valence-corrected chi connectivity index (χ1v) is 3.50. The first-order chi connectivity index (χ1) is 4.72. The van der Waals surface area contributed by atoms with Crippen molar-refractivity contribution in [3.05, 3.63) is 0 Å². The van der Waals surface area contributed by atoms with Crippen LogP contribution in [0.5, 0.6) is 0 Å². The monoisotopic (exact) mass is 160 g/mol. The highest BCUT2D eigenvalue weighted by molar-refractivity contribution is 7.78. The third-order valence-corrected chi connectivity index (χ3v) is 1.06. The lowest BCUT2D eigenvalue weighted by Gasteiger charge is -2.06. The van der Waals surface area contributed by atoms with E-state index in [0.717, 1.165) is 5.84 Å². The molecule has 0 aromatic carbocycles. The molecule has 58 valence electrons. The van der Waals surface area contributed by atoms with Gasteiger partial charge in [-0.2, -0.15) is 0 Å². The van der Waals surface area contributed by atoms with Gasteiger partial charge in [-0.1, -0.05) is 31.2 Å². The van der Waals surface area contributed by atoms with Crippen LogP contribution in [0.1, 0.15) is 13.8 Å². The molecular formula is C6H12N2OS. The lowest BCUT2D eigenvalue weighted by molar-refractivity contribution is 0.210. The number of hydrogen-bond donors (Lipinski definition) is 1. The number of amidine groups is 1. The van der Waals surface area contributed by atoms with Crippen LogP contribution in [0.15, 0.2) is 5.16 Å². The van der Waals surface area contributed by atoms with Crippen LogP contribution in [-0.4, -0.2) is 18.4 Å². The SMILES string of the molecule is CO/N=C(\NC=S)C(C)C. The van der Waals surface area contributed by atoms with Crippen LogP contribution in [-0.2, 0) is 4.84 Å². The fraction of sp³-hybridized carbons (Fsp3) is 0.667. The van der Waals surface area contributed by atoms with Crippen molar-refractivity contribution in [1.82, 2.24) is 5.32 Å². The summed E-state index contributed by atoms with van der Waals surface area (Å²) in [7, 11) is 1.51. The number of nitrogens with zero attached hydrogens (tertiary/aromatic N) is 1. The zero-order chi connectivity index (χ0) is 7.98. The number of oxime groups is 1. The third-order valence-electron chi connectivity index (χ3n) is 0.943. The van der Waals surface area contributed by atoms with E-state index in [-0.39, 0.29) is 0 Å². The molecule has 0 bridgehead atoms. The average molecular weight is 160 g/mol. The van der Waals surface area contributed by atoms with Crippen LogP contribution in [0.2, 0.25) is 0 Å². The van der Waals surface area contributed by atoms with E-state index in [1.807, 2.05) is 13.8 Å². The van der Waals surface area contributed by atoms with Gasteiger partial charge in [0.2, 0.25) is 0 Å². The van der Waals surface area contributed by atoms with Gasteiger partial charge >= 0.3 is 0 Å². The predicted octanol–water partition coefficient (Wildman–Crippen LogP) is 1.15. The molecule has 10 heavy (non-hydrogen) atoms. The van der Waals surface area contributed by atoms with E-state index in [1.54, 1.807) is 0 Å². The van der Waals surface area contributed by atoms with E-state index >= 15 is 0 Å². The summed E-state index contributed by atoms with van der Waals surface area (Å²) in [6, 6.07) is 0. The largest absolute Gasteiger partial charge is 0.398 e. The van der Waals surface area contributed by atoms with Crippen molar-refractivity contribution < 1.29 is 4.84 Å². The lowest BCUT2D eigenvalue weighted by atomic mass is 10.2. The molecule has 0 saturated carbocycles. The first kappa shape index (κ1) is 9.36. The van der Waals surface area contributed by atoms with Gasteiger partial charge in [0.05, 0.1) is 5.49 Å². The molecular weight excluding hydrogens is 148 g/mol. The molecule has 0 aliphatic heterocycles. The van der Waals surface area contributed by atoms with Crippen molar-refractivity contribution in [3.8, 4) is 0 Å². The van der Waals surface area contributed by atoms with Crippen molar-refractivity contribution in [2.45, 2.75) is 13.8 Å². The molecule has 0 aromatic heterocycles. The Morgan fingerprint density at radius 2 is 2.30 bits per heavy atom. The van der Waals surface area contributed by atoms with E-state index in [2.05, 4.69) is 27.5 Å². The standard InChI is InChI=1S/C6H12N2OS/c1-5(2)6(7-4-10)8-9-3/h4-5H,1-3H3,(H,7,8,10). The van der Waals surface area contributed by atoms with Gasteiger partial charge in [0.1, 0.15) is 12.9 Å². The zero-order valence-electron chi connectivity index (χ0n) is 6.42. The van der Waals surface area contributed by atoms with Crippen molar-refractivity contribution >= 4 is 23.5 Å². The van der Waals surface area contributed by atoms with Gasteiger partial charge in [-0.25, -0.2) is 0 Å². The lowest BCUT2D eigenvalue weighted by Crippen LogP contribution is -2.26. The Labute approximate surface area is 66.4 Å². The maximum absolute atomic E-state index is 4.59. The van der Waals surface area contributed by atoms with Gasteiger partial charge in [-0.05, 0) is 0 Å². The molecule has 0 atom stereocenters. The van der Waals surface area contributed by atoms with Crippen molar-refractivity contribution in [2.75, 3.05) is 7.11 Å². The summed E-state index contributed by atoms with van der Waals surface area (Å²) in [6.07, 6.45) is 0. The van der Waals surface area contributed by atoms with Crippen molar-refractivity contribution in [3.63, 3.8) is 0 Å². The van der Waals surface area contributed by atoms with E-state index < -0.39 is 0 Å². The topological polar surface area (TPSA) is 33.6 Å². The Balaban J connectivity index is 3.96. The molecule has 0 unspecified atom stereocenters. The Kier molecular flexibility index (Phi) is 4.84. The normalized spacial score (nSPS) is 11.4. The Hall–Kier alpha value is -0.640. The van der Waals surface area contributed by atoms with Crippen LogP contribution < -0.4 is 5.32 Å². The summed E-state index contributed by atoms with van der Waals surface area (Å²) in [5, 5.41) is 6.52. The molecule has 0 spiro atoms. The summed E-state index contributed by atoms with van der Waals surface area (Å²) in [6.45, 7) is 4.01. The summed E-state index contributed by atoms with van der Waals surface area (Å²) in [5.74, 6) is 1.05. The second-order valence-corrected chi connectivity index (χ2v) is 2.31. The average Bonchev–Trinajstić information content (AvgIpc) is 1.87. The van der Waals surface area contributed by atoms with E-state index in [1.165, 1.54) is 12.6 Å². The predicted molar refractivity (Wildman–Crippen MR) is 46.1 cm³/mol. The minimum atomic E-state index is 0.305. The number of nitrogens with one attached hydrogen (secondary N) is 1. The zero-order valence-corrected chi connectivity index (χ0v) is 7.23. The fourth-order valence-corrected chi connectivity index (χ4v) is 0.578. The Morgan fingerprint density at radius 3 is 2.60 bits per heavy atom. The quantitative estimate of drug-likeness (QED) is 0.291. The van der Waals surface area contributed by atoms with Crippen LogP contribution in [0.3, 0.4) is 0 Å². The fourth-order valence-electron chi connectivity index (χ4n) is 0.457. The molecule has 1 N–H and O–H groups in total. The van der Waals surface area contributed by atoms with Gasteiger partial charge in [0.15, 0.2) is 0 Å². The highest BCUT2D eigenvalue weighted by Crippen LogP contribution is 1.93. The molecule has 4 heteroatoms. The van der Waals surface area contributed by atoms with Crippen LogP contribution in [0, 0.1) is 5.92 Å². The number of thiocarbonyl (C=S) groups is 1. The maximum atomic E-state index is 4.59. The van der Waals surface area contributed by atoms with Crippen LogP contribution in [0.4, 0.5) is 0 Å². The minimum absolute atomic E-state index is 0.305. The summed E-state index contributed by atoms with van der Waals surface area (Å²) >= 11 is 4.59. The smallest absolute Gasteiger partial charge is 0.149 e. The van der Waals surface area contributed by atoms with Gasteiger partial charge in [0, 0.05) is 5.92 Å². The molecule has 0 rings (SSSR count). The molecule has 0 saturated heterocycles. The molecule has 0 amide bonds. The Bertz CT molecular complexity index is 134. The molecule has 0 aliphatic rings. The van der Waals surface area contributed by atoms with Crippen molar-refractivity contribution in [2.24, 2.45) is 11.1 Å². The van der Waals surface area contributed by atoms with Crippen LogP contribution >= 0.6 is 12.2 Å². The summed E-state index contributed by atoms with van der Waals surface area (Å²) < 4.78 is 0. The minimum Gasteiger partial charge on any atom is -0.398 e. The van der Waals surface area contributed by atoms with E-state index in [4.69, 9.17) is 0 Å². The van der Waals surface area contributed by atoms with Gasteiger partial charge in [-0.3, -0.25) is 0 Å². The van der Waals surface area contributed by atoms with Crippen LogP contribution in [0.25, 0.3) is 0 Å².